The molecule has 92 valence electrons. The van der Waals surface area contributed by atoms with E-state index in [1.807, 2.05) is 0 Å². The maximum atomic E-state index is 13.4. The molecule has 1 aromatic carbocycles. The van der Waals surface area contributed by atoms with Crippen molar-refractivity contribution in [3.63, 3.8) is 0 Å². The minimum absolute atomic E-state index is 0.127. The molecule has 0 atom stereocenters. The Morgan fingerprint density at radius 2 is 2.11 bits per heavy atom. The third-order valence-corrected chi connectivity index (χ3v) is 2.41. The molecule has 4 nitrogen and oxygen atoms in total. The lowest BCUT2D eigenvalue weighted by molar-refractivity contribution is 0.102. The molecule has 0 unspecified atom stereocenters. The largest absolute Gasteiger partial charge is 0.326 e. The SMILES string of the molecule is NCc1ccnc(C(=O)Nc2ccccc2F)c1. The van der Waals surface area contributed by atoms with Crippen molar-refractivity contribution in [1.82, 2.24) is 4.98 Å². The van der Waals surface area contributed by atoms with Gasteiger partial charge in [0, 0.05) is 12.7 Å². The number of hydrogen-bond acceptors (Lipinski definition) is 3. The minimum atomic E-state index is -0.485. The predicted octanol–water partition coefficient (Wildman–Crippen LogP) is 1.93. The van der Waals surface area contributed by atoms with Gasteiger partial charge in [-0.25, -0.2) is 4.39 Å². The Morgan fingerprint density at radius 1 is 1.33 bits per heavy atom. The first kappa shape index (κ1) is 12.2. The number of nitrogens with zero attached hydrogens (tertiary/aromatic N) is 1. The number of aromatic nitrogens is 1. The maximum Gasteiger partial charge on any atom is 0.274 e. The van der Waals surface area contributed by atoms with Crippen LogP contribution in [-0.4, -0.2) is 10.9 Å². The first-order chi connectivity index (χ1) is 8.70. The van der Waals surface area contributed by atoms with Crippen molar-refractivity contribution in [1.29, 1.82) is 0 Å². The zero-order valence-electron chi connectivity index (χ0n) is 9.56. The van der Waals surface area contributed by atoms with Crippen molar-refractivity contribution in [2.24, 2.45) is 5.73 Å². The fourth-order valence-electron chi connectivity index (χ4n) is 1.47. The van der Waals surface area contributed by atoms with Crippen molar-refractivity contribution < 1.29 is 9.18 Å². The van der Waals surface area contributed by atoms with Crippen molar-refractivity contribution in [3.8, 4) is 0 Å². The molecule has 1 amide bonds. The van der Waals surface area contributed by atoms with Crippen LogP contribution in [0.15, 0.2) is 42.6 Å². The molecule has 0 saturated heterocycles. The molecule has 0 aliphatic rings. The lowest BCUT2D eigenvalue weighted by atomic mass is 10.2. The van der Waals surface area contributed by atoms with Crippen LogP contribution in [0.5, 0.6) is 0 Å². The number of hydrogen-bond donors (Lipinski definition) is 2. The van der Waals surface area contributed by atoms with Gasteiger partial charge < -0.3 is 11.1 Å². The third-order valence-electron chi connectivity index (χ3n) is 2.41. The van der Waals surface area contributed by atoms with Crippen molar-refractivity contribution >= 4 is 11.6 Å². The van der Waals surface area contributed by atoms with Gasteiger partial charge in [-0.3, -0.25) is 9.78 Å². The summed E-state index contributed by atoms with van der Waals surface area (Å²) in [6.45, 7) is 0.322. The van der Waals surface area contributed by atoms with Gasteiger partial charge in [-0.1, -0.05) is 12.1 Å². The Morgan fingerprint density at radius 3 is 2.83 bits per heavy atom. The van der Waals surface area contributed by atoms with Crippen LogP contribution in [0.25, 0.3) is 0 Å². The molecule has 0 radical (unpaired) electrons. The molecular weight excluding hydrogens is 233 g/mol. The Labute approximate surface area is 104 Å². The van der Waals surface area contributed by atoms with Crippen molar-refractivity contribution in [3.05, 3.63) is 59.7 Å². The number of benzene rings is 1. The van der Waals surface area contributed by atoms with Gasteiger partial charge in [0.05, 0.1) is 5.69 Å². The molecule has 0 fully saturated rings. The van der Waals surface area contributed by atoms with Crippen molar-refractivity contribution in [2.45, 2.75) is 6.54 Å². The topological polar surface area (TPSA) is 68.0 Å². The molecule has 1 heterocycles. The van der Waals surface area contributed by atoms with E-state index in [0.717, 1.165) is 5.56 Å². The van der Waals surface area contributed by atoms with Crippen LogP contribution in [0, 0.1) is 5.82 Å². The monoisotopic (exact) mass is 245 g/mol. The minimum Gasteiger partial charge on any atom is -0.326 e. The highest BCUT2D eigenvalue weighted by Gasteiger charge is 2.10. The van der Waals surface area contributed by atoms with E-state index >= 15 is 0 Å². The van der Waals surface area contributed by atoms with E-state index in [4.69, 9.17) is 5.73 Å². The lowest BCUT2D eigenvalue weighted by Gasteiger charge is -2.06. The van der Waals surface area contributed by atoms with Gasteiger partial charge in [-0.15, -0.1) is 0 Å². The first-order valence-corrected chi connectivity index (χ1v) is 5.41. The summed E-state index contributed by atoms with van der Waals surface area (Å²) in [6, 6.07) is 9.26. The average molecular weight is 245 g/mol. The molecule has 0 saturated carbocycles. The Bertz CT molecular complexity index is 572. The standard InChI is InChI=1S/C13H12FN3O/c14-10-3-1-2-4-11(10)17-13(18)12-7-9(8-15)5-6-16-12/h1-7H,8,15H2,(H,17,18). The van der Waals surface area contributed by atoms with Gasteiger partial charge in [0.2, 0.25) is 0 Å². The Balaban J connectivity index is 2.19. The highest BCUT2D eigenvalue weighted by atomic mass is 19.1. The highest BCUT2D eigenvalue weighted by Crippen LogP contribution is 2.13. The summed E-state index contributed by atoms with van der Waals surface area (Å²) in [4.78, 5) is 15.8. The maximum absolute atomic E-state index is 13.4. The molecule has 0 aliphatic carbocycles. The second-order valence-electron chi connectivity index (χ2n) is 3.69. The van der Waals surface area contributed by atoms with E-state index in [1.165, 1.54) is 18.3 Å². The van der Waals surface area contributed by atoms with E-state index in [-0.39, 0.29) is 11.4 Å². The number of rotatable bonds is 3. The van der Waals surface area contributed by atoms with Gasteiger partial charge in [0.25, 0.3) is 5.91 Å². The van der Waals surface area contributed by atoms with Gasteiger partial charge in [-0.2, -0.15) is 0 Å². The average Bonchev–Trinajstić information content (AvgIpc) is 2.41. The molecule has 5 heteroatoms. The number of amides is 1. The van der Waals surface area contributed by atoms with Gasteiger partial charge >= 0.3 is 0 Å². The van der Waals surface area contributed by atoms with Crippen LogP contribution in [0.4, 0.5) is 10.1 Å². The molecule has 1 aromatic heterocycles. The number of carbonyl (C=O) groups is 1. The number of para-hydroxylation sites is 1. The molecule has 0 spiro atoms. The Kier molecular flexibility index (Phi) is 3.64. The summed E-state index contributed by atoms with van der Waals surface area (Å²) >= 11 is 0. The van der Waals surface area contributed by atoms with E-state index in [0.29, 0.717) is 6.54 Å². The van der Waals surface area contributed by atoms with Crippen LogP contribution >= 0.6 is 0 Å². The number of anilines is 1. The fraction of sp³-hybridized carbons (Fsp3) is 0.0769. The fourth-order valence-corrected chi connectivity index (χ4v) is 1.47. The van der Waals surface area contributed by atoms with Gasteiger partial charge in [0.1, 0.15) is 11.5 Å². The molecule has 0 aliphatic heterocycles. The molecule has 18 heavy (non-hydrogen) atoms. The summed E-state index contributed by atoms with van der Waals surface area (Å²) in [5.41, 5.74) is 6.61. The zero-order valence-corrected chi connectivity index (χ0v) is 9.56. The second-order valence-corrected chi connectivity index (χ2v) is 3.69. The van der Waals surface area contributed by atoms with E-state index in [1.54, 1.807) is 24.3 Å². The van der Waals surface area contributed by atoms with Crippen LogP contribution in [0.2, 0.25) is 0 Å². The number of carbonyl (C=O) groups excluding carboxylic acids is 1. The third kappa shape index (κ3) is 2.70. The summed E-state index contributed by atoms with van der Waals surface area (Å²) in [6.07, 6.45) is 1.50. The molecule has 3 N–H and O–H groups in total. The van der Waals surface area contributed by atoms with Crippen molar-refractivity contribution in [2.75, 3.05) is 5.32 Å². The number of pyridine rings is 1. The number of nitrogens with one attached hydrogen (secondary N) is 1. The molecule has 0 bridgehead atoms. The van der Waals surface area contributed by atoms with Crippen LogP contribution in [0.3, 0.4) is 0 Å². The normalized spacial score (nSPS) is 10.1. The quantitative estimate of drug-likeness (QED) is 0.868. The van der Waals surface area contributed by atoms with Crippen LogP contribution < -0.4 is 11.1 Å². The summed E-state index contributed by atoms with van der Waals surface area (Å²) < 4.78 is 13.4. The zero-order chi connectivity index (χ0) is 13.0. The van der Waals surface area contributed by atoms with E-state index in [9.17, 15) is 9.18 Å². The second kappa shape index (κ2) is 5.37. The Hall–Kier alpha value is -2.27. The lowest BCUT2D eigenvalue weighted by Crippen LogP contribution is -2.15. The van der Waals surface area contributed by atoms with Gasteiger partial charge in [-0.05, 0) is 29.8 Å². The first-order valence-electron chi connectivity index (χ1n) is 5.41. The molecule has 2 rings (SSSR count). The smallest absolute Gasteiger partial charge is 0.274 e. The number of nitrogens with two attached hydrogens (primary N) is 1. The van der Waals surface area contributed by atoms with E-state index in [2.05, 4.69) is 10.3 Å². The molecule has 2 aromatic rings. The highest BCUT2D eigenvalue weighted by molar-refractivity contribution is 6.02. The number of halogens is 1. The van der Waals surface area contributed by atoms with Crippen LogP contribution in [0.1, 0.15) is 16.1 Å². The van der Waals surface area contributed by atoms with Gasteiger partial charge in [0.15, 0.2) is 0 Å². The summed E-state index contributed by atoms with van der Waals surface area (Å²) in [5.74, 6) is -0.948. The summed E-state index contributed by atoms with van der Waals surface area (Å²) in [7, 11) is 0. The molecular formula is C13H12FN3O. The predicted molar refractivity (Wildman–Crippen MR) is 66.5 cm³/mol. The van der Waals surface area contributed by atoms with Crippen LogP contribution in [-0.2, 0) is 6.54 Å². The van der Waals surface area contributed by atoms with E-state index < -0.39 is 11.7 Å². The summed E-state index contributed by atoms with van der Waals surface area (Å²) in [5, 5.41) is 2.46.